The van der Waals surface area contributed by atoms with Gasteiger partial charge in [-0.3, -0.25) is 14.5 Å². The highest BCUT2D eigenvalue weighted by molar-refractivity contribution is 6.01. The standard InChI is InChI=1S/C23H29N3O4/c1-30-22-8-3-2-6-19(22)26-14-12-25(13-15-26)11-5-4-7-20(27)17-9-10-21(28)18(16-17)23(24)29/h2-3,6,8-10,16,28H,4-5,7,11-15H2,1H3,(H2,24,29). The third kappa shape index (κ3) is 5.30. The van der Waals surface area contributed by atoms with Crippen LogP contribution in [0.2, 0.25) is 0 Å². The molecule has 0 aromatic heterocycles. The second kappa shape index (κ2) is 10.1. The number of Topliss-reactive ketones (excluding diaryl/α,β-unsaturated/α-hetero) is 1. The highest BCUT2D eigenvalue weighted by atomic mass is 16.5. The summed E-state index contributed by atoms with van der Waals surface area (Å²) in [5.74, 6) is -0.0857. The van der Waals surface area contributed by atoms with Crippen molar-refractivity contribution < 1.29 is 19.4 Å². The average molecular weight is 412 g/mol. The zero-order valence-electron chi connectivity index (χ0n) is 17.3. The monoisotopic (exact) mass is 411 g/mol. The summed E-state index contributed by atoms with van der Waals surface area (Å²) in [6.45, 7) is 4.80. The summed E-state index contributed by atoms with van der Waals surface area (Å²) in [6, 6.07) is 12.3. The molecule has 7 heteroatoms. The van der Waals surface area contributed by atoms with Crippen molar-refractivity contribution in [2.45, 2.75) is 19.3 Å². The van der Waals surface area contributed by atoms with Crippen molar-refractivity contribution in [3.05, 3.63) is 53.6 Å². The highest BCUT2D eigenvalue weighted by Gasteiger charge is 2.19. The number of nitrogens with two attached hydrogens (primary N) is 1. The first-order chi connectivity index (χ1) is 14.5. The Hall–Kier alpha value is -3.06. The molecule has 0 unspecified atom stereocenters. The van der Waals surface area contributed by atoms with Gasteiger partial charge in [0.25, 0.3) is 5.91 Å². The molecule has 160 valence electrons. The van der Waals surface area contributed by atoms with Crippen LogP contribution in [0.25, 0.3) is 0 Å². The maximum Gasteiger partial charge on any atom is 0.252 e. The van der Waals surface area contributed by atoms with Crippen LogP contribution in [0.5, 0.6) is 11.5 Å². The lowest BCUT2D eigenvalue weighted by Crippen LogP contribution is -2.46. The van der Waals surface area contributed by atoms with E-state index in [1.54, 1.807) is 7.11 Å². The molecule has 1 heterocycles. The first-order valence-electron chi connectivity index (χ1n) is 10.3. The van der Waals surface area contributed by atoms with Crippen LogP contribution in [0.15, 0.2) is 42.5 Å². The maximum atomic E-state index is 12.4. The second-order valence-electron chi connectivity index (χ2n) is 7.48. The van der Waals surface area contributed by atoms with E-state index in [1.165, 1.54) is 18.2 Å². The fourth-order valence-electron chi connectivity index (χ4n) is 3.78. The number of ketones is 1. The number of rotatable bonds is 9. The Kier molecular flexibility index (Phi) is 7.30. The van der Waals surface area contributed by atoms with Crippen LogP contribution in [0, 0.1) is 0 Å². The van der Waals surface area contributed by atoms with E-state index in [1.807, 2.05) is 18.2 Å². The van der Waals surface area contributed by atoms with Gasteiger partial charge >= 0.3 is 0 Å². The van der Waals surface area contributed by atoms with Gasteiger partial charge in [0.2, 0.25) is 0 Å². The minimum atomic E-state index is -0.741. The molecule has 7 nitrogen and oxygen atoms in total. The largest absolute Gasteiger partial charge is 0.507 e. The Balaban J connectivity index is 1.41. The molecule has 3 N–H and O–H groups in total. The third-order valence-corrected chi connectivity index (χ3v) is 5.51. The summed E-state index contributed by atoms with van der Waals surface area (Å²) in [7, 11) is 1.70. The SMILES string of the molecule is COc1ccccc1N1CCN(CCCCC(=O)c2ccc(O)c(C(N)=O)c2)CC1. The number of para-hydroxylation sites is 2. The number of unbranched alkanes of at least 4 members (excludes halogenated alkanes) is 1. The predicted octanol–water partition coefficient (Wildman–Crippen LogP) is 2.67. The van der Waals surface area contributed by atoms with Gasteiger partial charge in [-0.15, -0.1) is 0 Å². The van der Waals surface area contributed by atoms with Gasteiger partial charge < -0.3 is 20.5 Å². The minimum Gasteiger partial charge on any atom is -0.507 e. The van der Waals surface area contributed by atoms with Crippen LogP contribution in [-0.2, 0) is 0 Å². The molecule has 0 radical (unpaired) electrons. The normalized spacial score (nSPS) is 14.5. The van der Waals surface area contributed by atoms with Gasteiger partial charge in [0.1, 0.15) is 11.5 Å². The molecule has 1 fully saturated rings. The van der Waals surface area contributed by atoms with E-state index in [0.29, 0.717) is 12.0 Å². The zero-order chi connectivity index (χ0) is 21.5. The van der Waals surface area contributed by atoms with Crippen LogP contribution < -0.4 is 15.4 Å². The number of ether oxygens (including phenoxy) is 1. The van der Waals surface area contributed by atoms with E-state index in [9.17, 15) is 14.7 Å². The zero-order valence-corrected chi connectivity index (χ0v) is 17.3. The quantitative estimate of drug-likeness (QED) is 0.487. The molecule has 0 bridgehead atoms. The van der Waals surface area contributed by atoms with Crippen molar-refractivity contribution in [1.82, 2.24) is 4.90 Å². The van der Waals surface area contributed by atoms with Gasteiger partial charge in [-0.1, -0.05) is 12.1 Å². The van der Waals surface area contributed by atoms with E-state index in [-0.39, 0.29) is 17.1 Å². The van der Waals surface area contributed by atoms with Gasteiger partial charge in [0.15, 0.2) is 5.78 Å². The summed E-state index contributed by atoms with van der Waals surface area (Å²) < 4.78 is 5.46. The number of hydrogen-bond acceptors (Lipinski definition) is 6. The number of amides is 1. The van der Waals surface area contributed by atoms with E-state index in [4.69, 9.17) is 10.5 Å². The van der Waals surface area contributed by atoms with E-state index >= 15 is 0 Å². The second-order valence-corrected chi connectivity index (χ2v) is 7.48. The number of benzene rings is 2. The molecule has 0 saturated carbocycles. The van der Waals surface area contributed by atoms with Crippen LogP contribution in [0.1, 0.15) is 40.0 Å². The van der Waals surface area contributed by atoms with Crippen LogP contribution in [0.3, 0.4) is 0 Å². The lowest BCUT2D eigenvalue weighted by atomic mass is 10.0. The summed E-state index contributed by atoms with van der Waals surface area (Å²) >= 11 is 0. The molecule has 1 amide bonds. The van der Waals surface area contributed by atoms with Gasteiger partial charge in [-0.05, 0) is 49.7 Å². The molecule has 2 aromatic rings. The van der Waals surface area contributed by atoms with Crippen molar-refractivity contribution in [3.63, 3.8) is 0 Å². The molecule has 1 aliphatic rings. The average Bonchev–Trinajstić information content (AvgIpc) is 2.77. The molecule has 0 spiro atoms. The van der Waals surface area contributed by atoms with Gasteiger partial charge in [0, 0.05) is 38.2 Å². The maximum absolute atomic E-state index is 12.4. The van der Waals surface area contributed by atoms with Gasteiger partial charge in [-0.25, -0.2) is 0 Å². The van der Waals surface area contributed by atoms with Gasteiger partial charge in [-0.2, -0.15) is 0 Å². The van der Waals surface area contributed by atoms with E-state index in [2.05, 4.69) is 15.9 Å². The molecular formula is C23H29N3O4. The summed E-state index contributed by atoms with van der Waals surface area (Å²) in [5, 5.41) is 9.64. The van der Waals surface area contributed by atoms with Gasteiger partial charge in [0.05, 0.1) is 18.4 Å². The van der Waals surface area contributed by atoms with E-state index < -0.39 is 5.91 Å². The van der Waals surface area contributed by atoms with Crippen molar-refractivity contribution >= 4 is 17.4 Å². The summed E-state index contributed by atoms with van der Waals surface area (Å²) in [6.07, 6.45) is 2.11. The Morgan fingerprint density at radius 3 is 2.50 bits per heavy atom. The smallest absolute Gasteiger partial charge is 0.252 e. The molecule has 0 aliphatic carbocycles. The number of carbonyl (C=O) groups excluding carboxylic acids is 2. The van der Waals surface area contributed by atoms with Crippen molar-refractivity contribution in [2.24, 2.45) is 5.73 Å². The molecule has 2 aromatic carbocycles. The molecule has 3 rings (SSSR count). The molecular weight excluding hydrogens is 382 g/mol. The predicted molar refractivity (Wildman–Crippen MR) is 116 cm³/mol. The van der Waals surface area contributed by atoms with Crippen LogP contribution in [0.4, 0.5) is 5.69 Å². The van der Waals surface area contributed by atoms with Crippen molar-refractivity contribution in [1.29, 1.82) is 0 Å². The lowest BCUT2D eigenvalue weighted by Gasteiger charge is -2.36. The molecule has 1 aliphatic heterocycles. The number of hydrogen-bond donors (Lipinski definition) is 2. The fraction of sp³-hybridized carbons (Fsp3) is 0.391. The first-order valence-corrected chi connectivity index (χ1v) is 10.3. The first kappa shape index (κ1) is 21.6. The fourth-order valence-corrected chi connectivity index (χ4v) is 3.78. The van der Waals surface area contributed by atoms with Crippen molar-refractivity contribution in [3.8, 4) is 11.5 Å². The van der Waals surface area contributed by atoms with Crippen LogP contribution >= 0.6 is 0 Å². The number of primary amides is 1. The number of piperazine rings is 1. The third-order valence-electron chi connectivity index (χ3n) is 5.51. The number of nitrogens with zero attached hydrogens (tertiary/aromatic N) is 2. The molecule has 1 saturated heterocycles. The number of carbonyl (C=O) groups is 2. The van der Waals surface area contributed by atoms with E-state index in [0.717, 1.165) is 57.0 Å². The topological polar surface area (TPSA) is 96.1 Å². The number of phenols is 1. The molecule has 30 heavy (non-hydrogen) atoms. The Labute approximate surface area is 177 Å². The lowest BCUT2D eigenvalue weighted by molar-refractivity contribution is 0.0977. The Bertz CT molecular complexity index is 892. The summed E-state index contributed by atoms with van der Waals surface area (Å²) in [5.41, 5.74) is 6.75. The minimum absolute atomic E-state index is 0.0197. The van der Waals surface area contributed by atoms with Crippen LogP contribution in [-0.4, -0.2) is 61.5 Å². The number of aromatic hydroxyl groups is 1. The van der Waals surface area contributed by atoms with Crippen molar-refractivity contribution in [2.75, 3.05) is 44.7 Å². The highest BCUT2D eigenvalue weighted by Crippen LogP contribution is 2.28. The Morgan fingerprint density at radius 1 is 1.07 bits per heavy atom. The molecule has 0 atom stereocenters. The number of anilines is 1. The summed E-state index contributed by atoms with van der Waals surface area (Å²) in [4.78, 5) is 28.5. The Morgan fingerprint density at radius 2 is 1.80 bits per heavy atom. The number of methoxy groups -OCH3 is 1.